The van der Waals surface area contributed by atoms with Gasteiger partial charge in [-0.1, -0.05) is 5.92 Å². The first kappa shape index (κ1) is 7.89. The van der Waals surface area contributed by atoms with Crippen LogP contribution in [0.25, 0.3) is 0 Å². The molecule has 0 atom stereocenters. The Kier molecular flexibility index (Phi) is 2.75. The van der Waals surface area contributed by atoms with Crippen molar-refractivity contribution < 1.29 is 4.79 Å². The van der Waals surface area contributed by atoms with Crippen molar-refractivity contribution >= 4 is 17.5 Å². The van der Waals surface area contributed by atoms with Crippen LogP contribution in [-0.2, 0) is 0 Å². The van der Waals surface area contributed by atoms with Gasteiger partial charge in [0, 0.05) is 0 Å². The molecule has 1 rings (SSSR count). The third-order valence-corrected chi connectivity index (χ3v) is 1.55. The molecule has 0 aliphatic rings. The van der Waals surface area contributed by atoms with Gasteiger partial charge in [0.25, 0.3) is 0 Å². The fourth-order valence-electron chi connectivity index (χ4n) is 0.547. The van der Waals surface area contributed by atoms with E-state index in [0.717, 1.165) is 11.7 Å². The first-order valence-corrected chi connectivity index (χ1v) is 3.78. The lowest BCUT2D eigenvalue weighted by molar-refractivity contribution is 0.0994. The Morgan fingerprint density at radius 3 is 3.18 bits per heavy atom. The lowest BCUT2D eigenvalue weighted by Crippen LogP contribution is -1.96. The Bertz CT molecular complexity index is 294. The molecular weight excluding hydrogens is 160 g/mol. The lowest BCUT2D eigenvalue weighted by Gasteiger charge is -1.84. The number of ketones is 1. The van der Waals surface area contributed by atoms with E-state index in [9.17, 15) is 4.79 Å². The monoisotopic (exact) mass is 166 g/mol. The molecule has 1 aromatic heterocycles. The number of hydrogen-bond donors (Lipinski definition) is 0. The zero-order chi connectivity index (χ0) is 8.10. The molecular formula is C7H6N2OS. The second kappa shape index (κ2) is 3.84. The number of hydrogen-bond acceptors (Lipinski definition) is 4. The van der Waals surface area contributed by atoms with Crippen molar-refractivity contribution in [3.8, 4) is 11.8 Å². The fourth-order valence-corrected chi connectivity index (χ4v) is 0.978. The minimum atomic E-state index is -0.0619. The summed E-state index contributed by atoms with van der Waals surface area (Å²) in [6, 6.07) is 0. The van der Waals surface area contributed by atoms with Crippen molar-refractivity contribution in [2.24, 2.45) is 0 Å². The van der Waals surface area contributed by atoms with Crippen LogP contribution >= 0.6 is 11.7 Å². The molecule has 0 spiro atoms. The molecule has 0 radical (unpaired) electrons. The highest BCUT2D eigenvalue weighted by atomic mass is 32.1. The Labute approximate surface area is 68.8 Å². The molecule has 0 unspecified atom stereocenters. The smallest absolute Gasteiger partial charge is 0.195 e. The molecule has 0 saturated carbocycles. The van der Waals surface area contributed by atoms with Gasteiger partial charge in [-0.25, -0.2) is 0 Å². The zero-order valence-electron chi connectivity index (χ0n) is 6.00. The molecule has 56 valence electrons. The summed E-state index contributed by atoms with van der Waals surface area (Å²) in [7, 11) is 0. The summed E-state index contributed by atoms with van der Waals surface area (Å²) in [6.07, 6.45) is 1.70. The van der Waals surface area contributed by atoms with Crippen molar-refractivity contribution in [2.45, 2.75) is 13.3 Å². The van der Waals surface area contributed by atoms with Crippen molar-refractivity contribution in [2.75, 3.05) is 0 Å². The van der Waals surface area contributed by atoms with Crippen molar-refractivity contribution in [1.29, 1.82) is 0 Å². The lowest BCUT2D eigenvalue weighted by atomic mass is 10.2. The van der Waals surface area contributed by atoms with Crippen LogP contribution in [-0.4, -0.2) is 14.5 Å². The molecule has 0 aromatic carbocycles. The maximum Gasteiger partial charge on any atom is 0.195 e. The number of rotatable bonds is 2. The van der Waals surface area contributed by atoms with Crippen LogP contribution in [0.4, 0.5) is 0 Å². The van der Waals surface area contributed by atoms with Crippen molar-refractivity contribution in [1.82, 2.24) is 8.75 Å². The normalized spacial score (nSPS) is 8.45. The van der Waals surface area contributed by atoms with Gasteiger partial charge in [-0.05, 0) is 6.92 Å². The molecule has 1 aromatic rings. The molecule has 0 aliphatic heterocycles. The number of nitrogens with zero attached hydrogens (tertiary/aromatic N) is 2. The minimum absolute atomic E-state index is 0.0619. The van der Waals surface area contributed by atoms with Gasteiger partial charge in [-0.15, -0.1) is 5.92 Å². The third-order valence-electron chi connectivity index (χ3n) is 1.07. The summed E-state index contributed by atoms with van der Waals surface area (Å²) >= 11 is 1.03. The Morgan fingerprint density at radius 2 is 2.64 bits per heavy atom. The van der Waals surface area contributed by atoms with Crippen molar-refractivity contribution in [3.05, 3.63) is 11.9 Å². The average molecular weight is 166 g/mol. The Hall–Kier alpha value is -1.21. The zero-order valence-corrected chi connectivity index (χ0v) is 6.81. The van der Waals surface area contributed by atoms with Gasteiger partial charge < -0.3 is 0 Å². The van der Waals surface area contributed by atoms with Gasteiger partial charge in [-0.2, -0.15) is 8.75 Å². The van der Waals surface area contributed by atoms with E-state index in [2.05, 4.69) is 20.6 Å². The maximum absolute atomic E-state index is 11.1. The fraction of sp³-hybridized carbons (Fsp3) is 0.286. The predicted molar refractivity (Wildman–Crippen MR) is 42.3 cm³/mol. The first-order valence-electron chi connectivity index (χ1n) is 3.05. The molecule has 11 heavy (non-hydrogen) atoms. The van der Waals surface area contributed by atoms with Gasteiger partial charge in [0.2, 0.25) is 0 Å². The summed E-state index contributed by atoms with van der Waals surface area (Å²) < 4.78 is 7.50. The van der Waals surface area contributed by atoms with E-state index in [1.54, 1.807) is 6.92 Å². The molecule has 0 N–H and O–H groups in total. The largest absolute Gasteiger partial charge is 0.291 e. The second-order valence-corrected chi connectivity index (χ2v) is 2.38. The number of Topliss-reactive ketones (excluding diaryl/α,β-unsaturated/α-hetero) is 1. The SMILES string of the molecule is CC#CCC(=O)c1cnsn1. The highest BCUT2D eigenvalue weighted by molar-refractivity contribution is 6.99. The summed E-state index contributed by atoms with van der Waals surface area (Å²) in [5.41, 5.74) is 0.415. The van der Waals surface area contributed by atoms with Crippen LogP contribution in [0.3, 0.4) is 0 Å². The number of carbonyl (C=O) groups excluding carboxylic acids is 1. The molecule has 3 nitrogen and oxygen atoms in total. The maximum atomic E-state index is 11.1. The first-order chi connectivity index (χ1) is 5.34. The van der Waals surface area contributed by atoms with Crippen LogP contribution in [0.5, 0.6) is 0 Å². The molecule has 0 saturated heterocycles. The minimum Gasteiger partial charge on any atom is -0.291 e. The third kappa shape index (κ3) is 2.13. The number of aromatic nitrogens is 2. The summed E-state index contributed by atoms with van der Waals surface area (Å²) in [6.45, 7) is 1.70. The van der Waals surface area contributed by atoms with Gasteiger partial charge in [0.05, 0.1) is 24.3 Å². The number of carbonyl (C=O) groups is 1. The molecule has 0 amide bonds. The Balaban J connectivity index is 2.61. The molecule has 1 heterocycles. The van der Waals surface area contributed by atoms with Gasteiger partial charge in [0.15, 0.2) is 5.78 Å². The standard InChI is InChI=1S/C7H6N2OS/c1-2-3-4-7(10)6-5-8-11-9-6/h5H,4H2,1H3. The highest BCUT2D eigenvalue weighted by Crippen LogP contribution is 1.98. The van der Waals surface area contributed by atoms with E-state index in [0.29, 0.717) is 5.69 Å². The van der Waals surface area contributed by atoms with Crippen LogP contribution in [0.15, 0.2) is 6.20 Å². The van der Waals surface area contributed by atoms with Crippen LogP contribution in [0.1, 0.15) is 23.8 Å². The predicted octanol–water partition coefficient (Wildman–Crippen LogP) is 1.13. The van der Waals surface area contributed by atoms with E-state index < -0.39 is 0 Å². The summed E-state index contributed by atoms with van der Waals surface area (Å²) in [5, 5.41) is 0. The van der Waals surface area contributed by atoms with Gasteiger partial charge in [-0.3, -0.25) is 4.79 Å². The van der Waals surface area contributed by atoms with Crippen LogP contribution < -0.4 is 0 Å². The summed E-state index contributed by atoms with van der Waals surface area (Å²) in [5.74, 6) is 5.26. The second-order valence-electron chi connectivity index (χ2n) is 1.82. The van der Waals surface area contributed by atoms with E-state index in [1.165, 1.54) is 6.20 Å². The van der Waals surface area contributed by atoms with Crippen LogP contribution in [0.2, 0.25) is 0 Å². The van der Waals surface area contributed by atoms with E-state index in [4.69, 9.17) is 0 Å². The summed E-state index contributed by atoms with van der Waals surface area (Å²) in [4.78, 5) is 11.1. The topological polar surface area (TPSA) is 42.9 Å². The molecule has 4 heteroatoms. The van der Waals surface area contributed by atoms with Crippen molar-refractivity contribution in [3.63, 3.8) is 0 Å². The molecule has 0 aliphatic carbocycles. The van der Waals surface area contributed by atoms with Gasteiger partial charge in [0.1, 0.15) is 5.69 Å². The van der Waals surface area contributed by atoms with E-state index in [-0.39, 0.29) is 12.2 Å². The van der Waals surface area contributed by atoms with Gasteiger partial charge >= 0.3 is 0 Å². The van der Waals surface area contributed by atoms with E-state index in [1.807, 2.05) is 0 Å². The van der Waals surface area contributed by atoms with E-state index >= 15 is 0 Å². The quantitative estimate of drug-likeness (QED) is 0.488. The van der Waals surface area contributed by atoms with Crippen LogP contribution in [0, 0.1) is 11.8 Å². The average Bonchev–Trinajstić information content (AvgIpc) is 2.52. The molecule has 0 fully saturated rings. The highest BCUT2D eigenvalue weighted by Gasteiger charge is 2.05. The molecule has 0 bridgehead atoms. The Morgan fingerprint density at radius 1 is 1.82 bits per heavy atom.